The largest absolute Gasteiger partial charge is 0.293 e. The minimum atomic E-state index is -3.15. The molecule has 0 bridgehead atoms. The molecule has 1 aliphatic rings. The highest BCUT2D eigenvalue weighted by atomic mass is 32.2. The summed E-state index contributed by atoms with van der Waals surface area (Å²) in [6, 6.07) is 7.97. The van der Waals surface area contributed by atoms with E-state index in [1.54, 1.807) is 11.3 Å². The van der Waals surface area contributed by atoms with E-state index in [-0.39, 0.29) is 11.8 Å². The normalized spacial score (nSPS) is 18.2. The average molecular weight is 367 g/mol. The van der Waals surface area contributed by atoms with E-state index in [1.165, 1.54) is 4.31 Å². The summed E-state index contributed by atoms with van der Waals surface area (Å²) >= 11 is 1.60. The topological polar surface area (TPSA) is 66.4 Å². The summed E-state index contributed by atoms with van der Waals surface area (Å²) in [4.78, 5) is 2.19. The average Bonchev–Trinajstić information content (AvgIpc) is 3.11. The zero-order chi connectivity index (χ0) is 17.3. The van der Waals surface area contributed by atoms with Gasteiger partial charge in [-0.2, -0.15) is 0 Å². The summed E-state index contributed by atoms with van der Waals surface area (Å²) in [5.41, 5.74) is 1.86. The maximum atomic E-state index is 12.1. The van der Waals surface area contributed by atoms with E-state index in [0.29, 0.717) is 13.0 Å². The van der Waals surface area contributed by atoms with E-state index < -0.39 is 10.0 Å². The first-order chi connectivity index (χ1) is 11.4. The molecule has 1 atom stereocenters. The summed E-state index contributed by atoms with van der Waals surface area (Å²) in [5, 5.41) is 10.2. The van der Waals surface area contributed by atoms with Gasteiger partial charge in [0.25, 0.3) is 0 Å². The summed E-state index contributed by atoms with van der Waals surface area (Å²) in [6.07, 6.45) is 0.693. The van der Waals surface area contributed by atoms with Gasteiger partial charge in [0.1, 0.15) is 10.0 Å². The van der Waals surface area contributed by atoms with Gasteiger partial charge in [0.2, 0.25) is 10.0 Å². The van der Waals surface area contributed by atoms with Crippen LogP contribution in [0.4, 0.5) is 5.69 Å². The predicted molar refractivity (Wildman–Crippen MR) is 96.7 cm³/mol. The number of hydrogen-bond acceptors (Lipinski definition) is 6. The molecule has 6 nitrogen and oxygen atoms in total. The number of rotatable bonds is 5. The lowest BCUT2D eigenvalue weighted by atomic mass is 10.1. The third-order valence-corrected chi connectivity index (χ3v) is 7.05. The fraction of sp³-hybridized carbons (Fsp3) is 0.500. The number of nitrogens with zero attached hydrogens (tertiary/aromatic N) is 4. The molecule has 1 aliphatic heterocycles. The van der Waals surface area contributed by atoms with Gasteiger partial charge in [0.05, 0.1) is 18.0 Å². The molecule has 1 unspecified atom stereocenters. The minimum absolute atomic E-state index is 0.152. The lowest BCUT2D eigenvalue weighted by molar-refractivity contribution is 0.252. The molecule has 130 valence electrons. The highest BCUT2D eigenvalue weighted by Crippen LogP contribution is 2.29. The Morgan fingerprint density at radius 3 is 2.79 bits per heavy atom. The molecule has 24 heavy (non-hydrogen) atoms. The molecule has 0 radical (unpaired) electrons. The molecule has 0 aliphatic carbocycles. The Bertz CT molecular complexity index is 819. The summed E-state index contributed by atoms with van der Waals surface area (Å²) in [6.45, 7) is 5.36. The van der Waals surface area contributed by atoms with Crippen LogP contribution >= 0.6 is 11.3 Å². The number of benzene rings is 1. The van der Waals surface area contributed by atoms with Crippen LogP contribution in [0.5, 0.6) is 0 Å². The maximum Gasteiger partial charge on any atom is 0.235 e. The first kappa shape index (κ1) is 17.3. The summed E-state index contributed by atoms with van der Waals surface area (Å²) in [7, 11) is -1.10. The molecule has 1 aromatic carbocycles. The second-order valence-electron chi connectivity index (χ2n) is 6.14. The Kier molecular flexibility index (Phi) is 4.89. The molecule has 2 heterocycles. The van der Waals surface area contributed by atoms with Crippen molar-refractivity contribution in [3.63, 3.8) is 0 Å². The van der Waals surface area contributed by atoms with Gasteiger partial charge < -0.3 is 0 Å². The van der Waals surface area contributed by atoms with Crippen LogP contribution in [0.3, 0.4) is 0 Å². The quantitative estimate of drug-likeness (QED) is 0.814. The second kappa shape index (κ2) is 6.78. The first-order valence-corrected chi connectivity index (χ1v) is 10.4. The lowest BCUT2D eigenvalue weighted by Crippen LogP contribution is -2.26. The number of anilines is 1. The van der Waals surface area contributed by atoms with Gasteiger partial charge in [-0.05, 0) is 45.0 Å². The predicted octanol–water partition coefficient (Wildman–Crippen LogP) is 2.58. The van der Waals surface area contributed by atoms with Crippen LogP contribution in [0.25, 0.3) is 0 Å². The van der Waals surface area contributed by atoms with E-state index >= 15 is 0 Å². The Labute approximate surface area is 147 Å². The number of sulfonamides is 1. The van der Waals surface area contributed by atoms with Crippen LogP contribution in [-0.2, 0) is 16.6 Å². The second-order valence-corrected chi connectivity index (χ2v) is 9.42. The monoisotopic (exact) mass is 366 g/mol. The standard InChI is InChI=1S/C16H22N4O2S2/c1-12(19(3)11-16-18-17-13(2)23-16)14-6-4-7-15(10-14)20-8-5-9-24(20,21)22/h4,6-7,10,12H,5,8-9,11H2,1-3H3. The Hall–Kier alpha value is -1.51. The molecular formula is C16H22N4O2S2. The maximum absolute atomic E-state index is 12.1. The minimum Gasteiger partial charge on any atom is -0.293 e. The van der Waals surface area contributed by atoms with E-state index in [2.05, 4.69) is 22.0 Å². The molecule has 0 saturated carbocycles. The number of aryl methyl sites for hydroxylation is 1. The molecule has 1 fully saturated rings. The van der Waals surface area contributed by atoms with Gasteiger partial charge in [0.15, 0.2) is 0 Å². The first-order valence-electron chi connectivity index (χ1n) is 7.96. The smallest absolute Gasteiger partial charge is 0.235 e. The van der Waals surface area contributed by atoms with Crippen LogP contribution in [-0.4, -0.2) is 42.9 Å². The van der Waals surface area contributed by atoms with E-state index in [1.807, 2.05) is 38.2 Å². The molecule has 3 rings (SSSR count). The molecule has 0 spiro atoms. The fourth-order valence-electron chi connectivity index (χ4n) is 2.88. The van der Waals surface area contributed by atoms with E-state index in [4.69, 9.17) is 0 Å². The van der Waals surface area contributed by atoms with E-state index in [9.17, 15) is 8.42 Å². The van der Waals surface area contributed by atoms with Crippen LogP contribution in [0.2, 0.25) is 0 Å². The van der Waals surface area contributed by atoms with Crippen molar-refractivity contribution in [3.8, 4) is 0 Å². The van der Waals surface area contributed by atoms with Crippen LogP contribution in [0, 0.1) is 6.92 Å². The zero-order valence-electron chi connectivity index (χ0n) is 14.1. The molecular weight excluding hydrogens is 344 g/mol. The molecule has 1 aromatic heterocycles. The third-order valence-electron chi connectivity index (χ3n) is 4.35. The van der Waals surface area contributed by atoms with Crippen molar-refractivity contribution in [2.75, 3.05) is 23.7 Å². The van der Waals surface area contributed by atoms with Gasteiger partial charge in [-0.15, -0.1) is 21.5 Å². The highest BCUT2D eigenvalue weighted by molar-refractivity contribution is 7.93. The molecule has 0 amide bonds. The molecule has 2 aromatic rings. The van der Waals surface area contributed by atoms with Crippen molar-refractivity contribution in [1.29, 1.82) is 0 Å². The highest BCUT2D eigenvalue weighted by Gasteiger charge is 2.28. The third kappa shape index (κ3) is 3.60. The van der Waals surface area contributed by atoms with Crippen molar-refractivity contribution >= 4 is 27.0 Å². The van der Waals surface area contributed by atoms with Crippen LogP contribution in [0.15, 0.2) is 24.3 Å². The van der Waals surface area contributed by atoms with Gasteiger partial charge in [-0.1, -0.05) is 12.1 Å². The van der Waals surface area contributed by atoms with Crippen molar-refractivity contribution in [2.24, 2.45) is 0 Å². The van der Waals surface area contributed by atoms with Crippen molar-refractivity contribution < 1.29 is 8.42 Å². The van der Waals surface area contributed by atoms with Crippen molar-refractivity contribution in [1.82, 2.24) is 15.1 Å². The number of aromatic nitrogens is 2. The number of hydrogen-bond donors (Lipinski definition) is 0. The van der Waals surface area contributed by atoms with Crippen LogP contribution in [0.1, 0.15) is 35.0 Å². The summed E-state index contributed by atoms with van der Waals surface area (Å²) < 4.78 is 25.8. The molecule has 0 N–H and O–H groups in total. The Morgan fingerprint density at radius 2 is 2.17 bits per heavy atom. The fourth-order valence-corrected chi connectivity index (χ4v) is 5.20. The SMILES string of the molecule is Cc1nnc(CN(C)C(C)c2cccc(N3CCCS3(=O)=O)c2)s1. The van der Waals surface area contributed by atoms with E-state index in [0.717, 1.165) is 27.8 Å². The lowest BCUT2D eigenvalue weighted by Gasteiger charge is -2.25. The van der Waals surface area contributed by atoms with Crippen molar-refractivity contribution in [3.05, 3.63) is 39.8 Å². The van der Waals surface area contributed by atoms with Gasteiger partial charge in [-0.25, -0.2) is 8.42 Å². The van der Waals surface area contributed by atoms with Gasteiger partial charge >= 0.3 is 0 Å². The Morgan fingerprint density at radius 1 is 1.38 bits per heavy atom. The van der Waals surface area contributed by atoms with Gasteiger partial charge in [-0.3, -0.25) is 9.21 Å². The Balaban J connectivity index is 1.77. The van der Waals surface area contributed by atoms with Crippen molar-refractivity contribution in [2.45, 2.75) is 32.9 Å². The summed E-state index contributed by atoms with van der Waals surface area (Å²) in [5.74, 6) is 0.239. The van der Waals surface area contributed by atoms with Gasteiger partial charge in [0, 0.05) is 12.6 Å². The molecule has 8 heteroatoms. The molecule has 1 saturated heterocycles. The van der Waals surface area contributed by atoms with Crippen LogP contribution < -0.4 is 4.31 Å². The zero-order valence-corrected chi connectivity index (χ0v) is 15.8.